The van der Waals surface area contributed by atoms with E-state index in [-0.39, 0.29) is 13.2 Å². The molecule has 0 aliphatic carbocycles. The average Bonchev–Trinajstić information content (AvgIpc) is 2.52. The molecule has 0 spiro atoms. The SMILES string of the molecule is Cc1ccccc1OCC(O)COc1cccc(CN)c1. The van der Waals surface area contributed by atoms with Crippen molar-refractivity contribution < 1.29 is 14.6 Å². The summed E-state index contributed by atoms with van der Waals surface area (Å²) in [6, 6.07) is 15.2. The zero-order chi connectivity index (χ0) is 15.1. The third-order valence-electron chi connectivity index (χ3n) is 3.10. The Balaban J connectivity index is 1.79. The lowest BCUT2D eigenvalue weighted by Crippen LogP contribution is -2.25. The zero-order valence-electron chi connectivity index (χ0n) is 12.2. The first-order chi connectivity index (χ1) is 10.2. The molecule has 0 saturated carbocycles. The molecule has 1 atom stereocenters. The van der Waals surface area contributed by atoms with Gasteiger partial charge in [-0.05, 0) is 36.2 Å². The number of nitrogens with two attached hydrogens (primary N) is 1. The maximum atomic E-state index is 9.91. The second-order valence-corrected chi connectivity index (χ2v) is 4.89. The van der Waals surface area contributed by atoms with E-state index in [1.54, 1.807) is 0 Å². The lowest BCUT2D eigenvalue weighted by Gasteiger charge is -2.15. The molecule has 4 heteroatoms. The number of aryl methyl sites for hydroxylation is 1. The van der Waals surface area contributed by atoms with Gasteiger partial charge in [0.25, 0.3) is 0 Å². The first kappa shape index (κ1) is 15.4. The fourth-order valence-corrected chi connectivity index (χ4v) is 1.91. The fraction of sp³-hybridized carbons (Fsp3) is 0.294. The Morgan fingerprint density at radius 2 is 1.81 bits per heavy atom. The summed E-state index contributed by atoms with van der Waals surface area (Å²) in [5, 5.41) is 9.91. The number of aliphatic hydroxyl groups is 1. The third kappa shape index (κ3) is 4.77. The molecule has 0 fully saturated rings. The van der Waals surface area contributed by atoms with E-state index in [0.717, 1.165) is 16.9 Å². The molecular weight excluding hydrogens is 266 g/mol. The van der Waals surface area contributed by atoms with Crippen LogP contribution in [0.25, 0.3) is 0 Å². The van der Waals surface area contributed by atoms with Gasteiger partial charge in [0, 0.05) is 6.54 Å². The highest BCUT2D eigenvalue weighted by atomic mass is 16.5. The van der Waals surface area contributed by atoms with E-state index in [1.165, 1.54) is 0 Å². The maximum Gasteiger partial charge on any atom is 0.122 e. The van der Waals surface area contributed by atoms with Crippen LogP contribution in [-0.2, 0) is 6.54 Å². The summed E-state index contributed by atoms with van der Waals surface area (Å²) in [4.78, 5) is 0. The number of hydrogen-bond acceptors (Lipinski definition) is 4. The van der Waals surface area contributed by atoms with Crippen LogP contribution in [0.4, 0.5) is 0 Å². The van der Waals surface area contributed by atoms with E-state index in [9.17, 15) is 5.11 Å². The first-order valence-corrected chi connectivity index (χ1v) is 6.97. The molecule has 0 bridgehead atoms. The van der Waals surface area contributed by atoms with Gasteiger partial charge in [-0.15, -0.1) is 0 Å². The van der Waals surface area contributed by atoms with Crippen molar-refractivity contribution in [2.24, 2.45) is 5.73 Å². The van der Waals surface area contributed by atoms with Crippen LogP contribution < -0.4 is 15.2 Å². The van der Waals surface area contributed by atoms with Gasteiger partial charge in [-0.3, -0.25) is 0 Å². The van der Waals surface area contributed by atoms with Crippen molar-refractivity contribution in [3.63, 3.8) is 0 Å². The van der Waals surface area contributed by atoms with E-state index in [4.69, 9.17) is 15.2 Å². The number of benzene rings is 2. The molecule has 0 radical (unpaired) electrons. The molecule has 21 heavy (non-hydrogen) atoms. The summed E-state index contributed by atoms with van der Waals surface area (Å²) in [6.45, 7) is 2.81. The lowest BCUT2D eigenvalue weighted by molar-refractivity contribution is 0.0624. The van der Waals surface area contributed by atoms with Gasteiger partial charge >= 0.3 is 0 Å². The standard InChI is InChI=1S/C17H21NO3/c1-13-5-2-3-8-17(13)21-12-15(19)11-20-16-7-4-6-14(9-16)10-18/h2-9,15,19H,10-12,18H2,1H3. The molecule has 1 unspecified atom stereocenters. The van der Waals surface area contributed by atoms with Crippen molar-refractivity contribution >= 4 is 0 Å². The first-order valence-electron chi connectivity index (χ1n) is 6.97. The second-order valence-electron chi connectivity index (χ2n) is 4.89. The van der Waals surface area contributed by atoms with E-state index in [0.29, 0.717) is 12.3 Å². The maximum absolute atomic E-state index is 9.91. The minimum absolute atomic E-state index is 0.180. The summed E-state index contributed by atoms with van der Waals surface area (Å²) in [5.74, 6) is 1.48. The van der Waals surface area contributed by atoms with Gasteiger partial charge in [-0.2, -0.15) is 0 Å². The van der Waals surface area contributed by atoms with Crippen LogP contribution in [0.1, 0.15) is 11.1 Å². The van der Waals surface area contributed by atoms with E-state index in [2.05, 4.69) is 0 Å². The highest BCUT2D eigenvalue weighted by molar-refractivity contribution is 5.31. The van der Waals surface area contributed by atoms with Crippen LogP contribution in [0.5, 0.6) is 11.5 Å². The summed E-state index contributed by atoms with van der Waals surface area (Å²) in [7, 11) is 0. The molecule has 0 aromatic heterocycles. The van der Waals surface area contributed by atoms with Crippen LogP contribution in [0, 0.1) is 6.92 Å². The van der Waals surface area contributed by atoms with Crippen molar-refractivity contribution in [1.29, 1.82) is 0 Å². The molecule has 112 valence electrons. The van der Waals surface area contributed by atoms with Crippen molar-refractivity contribution in [3.8, 4) is 11.5 Å². The highest BCUT2D eigenvalue weighted by Crippen LogP contribution is 2.17. The molecule has 0 heterocycles. The number of hydrogen-bond donors (Lipinski definition) is 2. The number of para-hydroxylation sites is 1. The Bertz CT molecular complexity index is 571. The highest BCUT2D eigenvalue weighted by Gasteiger charge is 2.08. The van der Waals surface area contributed by atoms with Crippen LogP contribution in [0.3, 0.4) is 0 Å². The van der Waals surface area contributed by atoms with Gasteiger partial charge in [-0.1, -0.05) is 30.3 Å². The molecule has 2 rings (SSSR count). The van der Waals surface area contributed by atoms with Crippen LogP contribution in [-0.4, -0.2) is 24.4 Å². The van der Waals surface area contributed by atoms with E-state index >= 15 is 0 Å². The van der Waals surface area contributed by atoms with Gasteiger partial charge in [0.15, 0.2) is 0 Å². The van der Waals surface area contributed by atoms with Crippen molar-refractivity contribution in [2.75, 3.05) is 13.2 Å². The Labute approximate surface area is 125 Å². The molecule has 2 aromatic carbocycles. The van der Waals surface area contributed by atoms with Crippen LogP contribution in [0.2, 0.25) is 0 Å². The Morgan fingerprint density at radius 3 is 2.57 bits per heavy atom. The quantitative estimate of drug-likeness (QED) is 0.820. The molecule has 4 nitrogen and oxygen atoms in total. The largest absolute Gasteiger partial charge is 0.491 e. The minimum atomic E-state index is -0.689. The Hall–Kier alpha value is -2.04. The normalized spacial score (nSPS) is 12.0. The lowest BCUT2D eigenvalue weighted by atomic mass is 10.2. The van der Waals surface area contributed by atoms with Crippen molar-refractivity contribution in [2.45, 2.75) is 19.6 Å². The molecule has 0 saturated heterocycles. The smallest absolute Gasteiger partial charge is 0.122 e. The number of rotatable bonds is 7. The fourth-order valence-electron chi connectivity index (χ4n) is 1.91. The Morgan fingerprint density at radius 1 is 1.05 bits per heavy atom. The molecule has 0 amide bonds. The van der Waals surface area contributed by atoms with Crippen molar-refractivity contribution in [1.82, 2.24) is 0 Å². The van der Waals surface area contributed by atoms with Gasteiger partial charge < -0.3 is 20.3 Å². The van der Waals surface area contributed by atoms with Gasteiger partial charge in [-0.25, -0.2) is 0 Å². The van der Waals surface area contributed by atoms with Gasteiger partial charge in [0.05, 0.1) is 0 Å². The van der Waals surface area contributed by atoms with E-state index < -0.39 is 6.10 Å². The monoisotopic (exact) mass is 287 g/mol. The van der Waals surface area contributed by atoms with Crippen molar-refractivity contribution in [3.05, 3.63) is 59.7 Å². The van der Waals surface area contributed by atoms with Gasteiger partial charge in [0.2, 0.25) is 0 Å². The molecule has 0 aliphatic rings. The minimum Gasteiger partial charge on any atom is -0.491 e. The molecule has 2 aromatic rings. The predicted molar refractivity (Wildman–Crippen MR) is 82.5 cm³/mol. The average molecular weight is 287 g/mol. The summed E-state index contributed by atoms with van der Waals surface area (Å²) >= 11 is 0. The molecule has 0 aliphatic heterocycles. The number of ether oxygens (including phenoxy) is 2. The summed E-state index contributed by atoms with van der Waals surface area (Å²) < 4.78 is 11.1. The molecular formula is C17H21NO3. The van der Waals surface area contributed by atoms with Gasteiger partial charge in [0.1, 0.15) is 30.8 Å². The Kier molecular flexibility index (Phi) is 5.60. The van der Waals surface area contributed by atoms with Crippen LogP contribution in [0.15, 0.2) is 48.5 Å². The topological polar surface area (TPSA) is 64.7 Å². The molecule has 3 N–H and O–H groups in total. The summed E-state index contributed by atoms with van der Waals surface area (Å²) in [5.41, 5.74) is 7.62. The zero-order valence-corrected chi connectivity index (χ0v) is 12.2. The predicted octanol–water partition coefficient (Wildman–Crippen LogP) is 2.27. The van der Waals surface area contributed by atoms with Crippen LogP contribution >= 0.6 is 0 Å². The summed E-state index contributed by atoms with van der Waals surface area (Å²) in [6.07, 6.45) is -0.689. The second kappa shape index (κ2) is 7.67. The third-order valence-corrected chi connectivity index (χ3v) is 3.10. The van der Waals surface area contributed by atoms with E-state index in [1.807, 2.05) is 55.5 Å². The number of aliphatic hydroxyl groups excluding tert-OH is 1.